The lowest BCUT2D eigenvalue weighted by atomic mass is 10.1. The number of hydrogen-bond acceptors (Lipinski definition) is 3. The number of carbonyl (C=O) groups is 1. The molecule has 3 heteroatoms. The Balaban J connectivity index is 2.45. The molecule has 0 saturated carbocycles. The van der Waals surface area contributed by atoms with Crippen molar-refractivity contribution in [1.29, 1.82) is 0 Å². The van der Waals surface area contributed by atoms with Gasteiger partial charge in [0.2, 0.25) is 0 Å². The Bertz CT molecular complexity index is 436. The van der Waals surface area contributed by atoms with E-state index in [-0.39, 0.29) is 5.78 Å². The summed E-state index contributed by atoms with van der Waals surface area (Å²) < 4.78 is 10.5. The van der Waals surface area contributed by atoms with Crippen LogP contribution < -0.4 is 9.47 Å². The first-order valence-electron chi connectivity index (χ1n) is 6.61. The first kappa shape index (κ1) is 15.3. The minimum absolute atomic E-state index is 0.186. The molecule has 0 radical (unpaired) electrons. The summed E-state index contributed by atoms with van der Waals surface area (Å²) in [5.74, 6) is 1.70. The number of ketones is 1. The smallest absolute Gasteiger partial charge is 0.160 e. The van der Waals surface area contributed by atoms with Crippen molar-refractivity contribution in [2.45, 2.75) is 32.6 Å². The maximum Gasteiger partial charge on any atom is 0.160 e. The third-order valence-electron chi connectivity index (χ3n) is 2.94. The fourth-order valence-electron chi connectivity index (χ4n) is 1.79. The minimum atomic E-state index is 0.186. The fourth-order valence-corrected chi connectivity index (χ4v) is 1.79. The number of hydrogen-bond donors (Lipinski definition) is 0. The molecule has 0 unspecified atom stereocenters. The second kappa shape index (κ2) is 8.35. The summed E-state index contributed by atoms with van der Waals surface area (Å²) in [6.07, 6.45) is 7.10. The molecule has 0 heterocycles. The molecule has 0 N–H and O–H groups in total. The maximum atomic E-state index is 11.1. The minimum Gasteiger partial charge on any atom is -0.493 e. The van der Waals surface area contributed by atoms with E-state index in [1.54, 1.807) is 20.3 Å². The normalized spacial score (nSPS) is 10.7. The zero-order valence-corrected chi connectivity index (χ0v) is 11.9. The van der Waals surface area contributed by atoms with E-state index < -0.39 is 0 Å². The highest BCUT2D eigenvalue weighted by atomic mass is 16.5. The lowest BCUT2D eigenvalue weighted by Crippen LogP contribution is -1.93. The highest BCUT2D eigenvalue weighted by Gasteiger charge is 2.03. The van der Waals surface area contributed by atoms with E-state index in [0.717, 1.165) is 30.8 Å². The van der Waals surface area contributed by atoms with Crippen molar-refractivity contribution in [2.75, 3.05) is 14.2 Å². The maximum absolute atomic E-state index is 11.1. The molecule has 1 rings (SSSR count). The monoisotopic (exact) mass is 262 g/mol. The first-order valence-corrected chi connectivity index (χ1v) is 6.61. The van der Waals surface area contributed by atoms with E-state index >= 15 is 0 Å². The molecule has 0 atom stereocenters. The van der Waals surface area contributed by atoms with E-state index in [9.17, 15) is 4.79 Å². The van der Waals surface area contributed by atoms with Crippen LogP contribution in [-0.4, -0.2) is 20.0 Å². The van der Waals surface area contributed by atoms with Crippen LogP contribution in [0.5, 0.6) is 11.5 Å². The predicted octanol–water partition coefficient (Wildman–Crippen LogP) is 3.56. The molecule has 0 spiro atoms. The van der Waals surface area contributed by atoms with E-state index in [0.29, 0.717) is 6.42 Å². The lowest BCUT2D eigenvalue weighted by molar-refractivity contribution is -0.114. The van der Waals surface area contributed by atoms with Crippen molar-refractivity contribution >= 4 is 5.78 Å². The summed E-state index contributed by atoms with van der Waals surface area (Å²) in [7, 11) is 3.27. The molecule has 0 saturated heterocycles. The van der Waals surface area contributed by atoms with Crippen molar-refractivity contribution in [3.8, 4) is 11.5 Å². The zero-order valence-electron chi connectivity index (χ0n) is 11.9. The first-order chi connectivity index (χ1) is 9.21. The molecule has 104 valence electrons. The average Bonchev–Trinajstić information content (AvgIpc) is 2.46. The van der Waals surface area contributed by atoms with Crippen LogP contribution >= 0.6 is 0 Å². The van der Waals surface area contributed by atoms with E-state index in [1.807, 2.05) is 31.2 Å². The van der Waals surface area contributed by atoms with Gasteiger partial charge in [-0.2, -0.15) is 0 Å². The Morgan fingerprint density at radius 2 is 1.95 bits per heavy atom. The van der Waals surface area contributed by atoms with Crippen molar-refractivity contribution in [1.82, 2.24) is 0 Å². The van der Waals surface area contributed by atoms with Crippen LogP contribution in [0.4, 0.5) is 0 Å². The van der Waals surface area contributed by atoms with Gasteiger partial charge < -0.3 is 9.47 Å². The summed E-state index contributed by atoms with van der Waals surface area (Å²) in [5.41, 5.74) is 1.22. The van der Waals surface area contributed by atoms with Crippen LogP contribution in [-0.2, 0) is 11.2 Å². The summed E-state index contributed by atoms with van der Waals surface area (Å²) >= 11 is 0. The number of unbranched alkanes of at least 4 members (excludes halogenated alkanes) is 1. The predicted molar refractivity (Wildman–Crippen MR) is 76.9 cm³/mol. The summed E-state index contributed by atoms with van der Waals surface area (Å²) in [6, 6.07) is 5.96. The molecule has 1 aromatic carbocycles. The van der Waals surface area contributed by atoms with Gasteiger partial charge in [0.1, 0.15) is 0 Å². The topological polar surface area (TPSA) is 35.5 Å². The van der Waals surface area contributed by atoms with Crippen LogP contribution in [0.25, 0.3) is 0 Å². The highest BCUT2D eigenvalue weighted by molar-refractivity contribution is 5.89. The lowest BCUT2D eigenvalue weighted by Gasteiger charge is -2.09. The zero-order chi connectivity index (χ0) is 14.1. The van der Waals surface area contributed by atoms with Crippen molar-refractivity contribution < 1.29 is 14.3 Å². The highest BCUT2D eigenvalue weighted by Crippen LogP contribution is 2.28. The van der Waals surface area contributed by atoms with E-state index in [4.69, 9.17) is 9.47 Å². The van der Waals surface area contributed by atoms with E-state index in [2.05, 4.69) is 0 Å². The molecule has 0 aromatic heterocycles. The van der Waals surface area contributed by atoms with Crippen LogP contribution in [0.2, 0.25) is 0 Å². The number of allylic oxidation sites excluding steroid dienone is 2. The van der Waals surface area contributed by atoms with Gasteiger partial charge in [-0.25, -0.2) is 0 Å². The number of rotatable bonds is 8. The Morgan fingerprint density at radius 3 is 2.58 bits per heavy atom. The molecule has 1 aromatic rings. The van der Waals surface area contributed by atoms with Gasteiger partial charge >= 0.3 is 0 Å². The van der Waals surface area contributed by atoms with Gasteiger partial charge in [-0.15, -0.1) is 0 Å². The quantitative estimate of drug-likeness (QED) is 0.531. The van der Waals surface area contributed by atoms with Crippen molar-refractivity contribution in [3.63, 3.8) is 0 Å². The molecule has 19 heavy (non-hydrogen) atoms. The average molecular weight is 262 g/mol. The van der Waals surface area contributed by atoms with Crippen LogP contribution in [0.3, 0.4) is 0 Å². The van der Waals surface area contributed by atoms with Crippen molar-refractivity contribution in [2.24, 2.45) is 0 Å². The molecule has 0 fully saturated rings. The van der Waals surface area contributed by atoms with Crippen LogP contribution in [0.15, 0.2) is 30.4 Å². The second-order valence-corrected chi connectivity index (χ2v) is 4.30. The van der Waals surface area contributed by atoms with Gasteiger partial charge in [-0.05, 0) is 43.0 Å². The van der Waals surface area contributed by atoms with Gasteiger partial charge in [0.15, 0.2) is 17.3 Å². The molecule has 3 nitrogen and oxygen atoms in total. The molecule has 0 amide bonds. The van der Waals surface area contributed by atoms with E-state index in [1.165, 1.54) is 5.56 Å². The van der Waals surface area contributed by atoms with Gasteiger partial charge in [-0.3, -0.25) is 4.79 Å². The standard InChI is InChI=1S/C16H22O3/c1-4-14(17)9-7-5-6-8-13-10-11-15(18-2)16(12-13)19-3/h7,9-12H,4-6,8H2,1-3H3. The third-order valence-corrected chi connectivity index (χ3v) is 2.94. The number of aryl methyl sites for hydroxylation is 1. The Labute approximate surface area is 115 Å². The van der Waals surface area contributed by atoms with Gasteiger partial charge in [0, 0.05) is 6.42 Å². The Kier molecular flexibility index (Phi) is 6.72. The molecule has 0 bridgehead atoms. The molecular weight excluding hydrogens is 240 g/mol. The van der Waals surface area contributed by atoms with Gasteiger partial charge in [0.05, 0.1) is 14.2 Å². The fraction of sp³-hybridized carbons (Fsp3) is 0.438. The van der Waals surface area contributed by atoms with Crippen molar-refractivity contribution in [3.05, 3.63) is 35.9 Å². The number of benzene rings is 1. The summed E-state index contributed by atoms with van der Waals surface area (Å²) in [6.45, 7) is 1.87. The number of ether oxygens (including phenoxy) is 2. The molecule has 0 aliphatic rings. The Morgan fingerprint density at radius 1 is 1.21 bits per heavy atom. The van der Waals surface area contributed by atoms with Gasteiger partial charge in [0.25, 0.3) is 0 Å². The third kappa shape index (κ3) is 5.16. The van der Waals surface area contributed by atoms with Gasteiger partial charge in [-0.1, -0.05) is 19.1 Å². The number of carbonyl (C=O) groups excluding carboxylic acids is 1. The largest absolute Gasteiger partial charge is 0.493 e. The number of methoxy groups -OCH3 is 2. The molecule has 0 aliphatic carbocycles. The van der Waals surface area contributed by atoms with Crippen LogP contribution in [0, 0.1) is 0 Å². The summed E-state index contributed by atoms with van der Waals surface area (Å²) in [5, 5.41) is 0. The molecule has 0 aliphatic heterocycles. The second-order valence-electron chi connectivity index (χ2n) is 4.30. The molecular formula is C16H22O3. The summed E-state index contributed by atoms with van der Waals surface area (Å²) in [4.78, 5) is 11.1. The SMILES string of the molecule is CCC(=O)C=CCCCc1ccc(OC)c(OC)c1. The Hall–Kier alpha value is -1.77. The van der Waals surface area contributed by atoms with Crippen LogP contribution in [0.1, 0.15) is 31.7 Å².